The van der Waals surface area contributed by atoms with Gasteiger partial charge in [-0.1, -0.05) is 6.07 Å². The number of ketones is 1. The smallest absolute Gasteiger partial charge is 0.206 e. The van der Waals surface area contributed by atoms with Gasteiger partial charge >= 0.3 is 0 Å². The minimum atomic E-state index is -0.842. The lowest BCUT2D eigenvalue weighted by Crippen LogP contribution is -2.68. The van der Waals surface area contributed by atoms with Gasteiger partial charge < -0.3 is 14.7 Å². The third kappa shape index (κ3) is 1.43. The Morgan fingerprint density at radius 3 is 3.04 bits per heavy atom. The normalized spacial score (nSPS) is 40.7. The summed E-state index contributed by atoms with van der Waals surface area (Å²) in [6.45, 7) is 0.896. The van der Waals surface area contributed by atoms with E-state index in [0.717, 1.165) is 24.9 Å². The fourth-order valence-electron chi connectivity index (χ4n) is 5.58. The Hall–Kier alpha value is -1.63. The molecule has 5 rings (SSSR count). The largest absolute Gasteiger partial charge is 0.504 e. The number of ether oxygens (including phenoxy) is 1. The van der Waals surface area contributed by atoms with Gasteiger partial charge in [-0.05, 0) is 50.4 Å². The number of phenolic OH excluding ortho intramolecular Hbond substituents is 1. The van der Waals surface area contributed by atoms with E-state index < -0.39 is 12.2 Å². The van der Waals surface area contributed by atoms with Gasteiger partial charge in [0.05, 0.1) is 0 Å². The van der Waals surface area contributed by atoms with Gasteiger partial charge in [-0.3, -0.25) is 10.1 Å². The monoisotopic (exact) mass is 317 g/mol. The molecule has 1 aromatic rings. The zero-order valence-corrected chi connectivity index (χ0v) is 12.9. The van der Waals surface area contributed by atoms with Crippen LogP contribution in [0.1, 0.15) is 24.0 Å². The number of hydrogen-bond donors (Lipinski definition) is 2. The van der Waals surface area contributed by atoms with Gasteiger partial charge in [0, 0.05) is 17.0 Å². The van der Waals surface area contributed by atoms with Crippen LogP contribution in [0.2, 0.25) is 0 Å². The van der Waals surface area contributed by atoms with E-state index in [9.17, 15) is 9.90 Å². The molecule has 5 atom stereocenters. The lowest BCUT2D eigenvalue weighted by molar-refractivity contribution is -0.283. The molecule has 2 fully saturated rings. The molecule has 122 valence electrons. The number of carbonyl (C=O) groups excluding carboxylic acids is 1. The van der Waals surface area contributed by atoms with Gasteiger partial charge in [-0.25, -0.2) is 4.89 Å². The summed E-state index contributed by atoms with van der Waals surface area (Å²) in [7, 11) is 2.11. The molecule has 2 bridgehead atoms. The predicted octanol–water partition coefficient (Wildman–Crippen LogP) is 1.10. The van der Waals surface area contributed by atoms with Gasteiger partial charge in [0.1, 0.15) is 0 Å². The van der Waals surface area contributed by atoms with Crippen molar-refractivity contribution in [2.75, 3.05) is 13.6 Å². The van der Waals surface area contributed by atoms with Crippen molar-refractivity contribution in [1.82, 2.24) is 4.90 Å². The summed E-state index contributed by atoms with van der Waals surface area (Å²) in [6, 6.07) is 3.91. The molecule has 2 N–H and O–H groups in total. The number of Topliss-reactive ketones (excluding diaryl/α,β-unsaturated/α-hetero) is 1. The van der Waals surface area contributed by atoms with Crippen LogP contribution in [0.5, 0.6) is 11.5 Å². The maximum atomic E-state index is 12.8. The van der Waals surface area contributed by atoms with Gasteiger partial charge in [-0.2, -0.15) is 0 Å². The number of carbonyl (C=O) groups is 1. The average Bonchev–Trinajstić information content (AvgIpc) is 2.90. The summed E-state index contributed by atoms with van der Waals surface area (Å²) in [5.41, 5.74) is 1.82. The first-order valence-electron chi connectivity index (χ1n) is 8.14. The molecule has 1 unspecified atom stereocenters. The minimum Gasteiger partial charge on any atom is -0.504 e. The van der Waals surface area contributed by atoms with Crippen molar-refractivity contribution in [3.8, 4) is 11.5 Å². The van der Waals surface area contributed by atoms with Gasteiger partial charge in [0.2, 0.25) is 5.78 Å². The van der Waals surface area contributed by atoms with E-state index in [4.69, 9.17) is 9.99 Å². The van der Waals surface area contributed by atoms with Crippen LogP contribution in [0.4, 0.5) is 0 Å². The molecule has 1 saturated carbocycles. The molecule has 0 radical (unpaired) electrons. The Balaban J connectivity index is 1.79. The van der Waals surface area contributed by atoms with E-state index in [1.807, 2.05) is 6.07 Å². The lowest BCUT2D eigenvalue weighted by Gasteiger charge is -2.57. The van der Waals surface area contributed by atoms with E-state index in [2.05, 4.69) is 16.8 Å². The van der Waals surface area contributed by atoms with Crippen LogP contribution < -0.4 is 4.74 Å². The number of likely N-dealkylation sites (tertiary alicyclic amines) is 1. The zero-order chi connectivity index (χ0) is 15.9. The van der Waals surface area contributed by atoms with Crippen LogP contribution in [-0.4, -0.2) is 52.9 Å². The predicted molar refractivity (Wildman–Crippen MR) is 79.6 cm³/mol. The van der Waals surface area contributed by atoms with Crippen LogP contribution in [-0.2, 0) is 21.5 Å². The van der Waals surface area contributed by atoms with Gasteiger partial charge in [-0.15, -0.1) is 0 Å². The highest BCUT2D eigenvalue weighted by Crippen LogP contribution is 2.63. The maximum absolute atomic E-state index is 12.8. The van der Waals surface area contributed by atoms with Crippen molar-refractivity contribution < 1.29 is 24.8 Å². The Morgan fingerprint density at radius 1 is 1.43 bits per heavy atom. The molecule has 2 aliphatic carbocycles. The summed E-state index contributed by atoms with van der Waals surface area (Å²) in [5.74, 6) is 0.525. The molecular formula is C17H19NO5. The fraction of sp³-hybridized carbons (Fsp3) is 0.588. The second-order valence-electron chi connectivity index (χ2n) is 7.33. The van der Waals surface area contributed by atoms with Crippen molar-refractivity contribution in [3.05, 3.63) is 23.3 Å². The number of nitrogens with zero attached hydrogens (tertiary/aromatic N) is 1. The molecule has 6 nitrogen and oxygen atoms in total. The summed E-state index contributed by atoms with van der Waals surface area (Å²) >= 11 is 0. The number of rotatable bonds is 1. The SMILES string of the molecule is CN1CC[C@]23c4c5ccc(O)c4O[C@H]2C(=O)C(OO)C[C@H]3[C@H]1C5. The Bertz CT molecular complexity index is 719. The zero-order valence-electron chi connectivity index (χ0n) is 12.9. The van der Waals surface area contributed by atoms with Crippen LogP contribution in [0.25, 0.3) is 0 Å². The number of piperidine rings is 1. The fourth-order valence-corrected chi connectivity index (χ4v) is 5.58. The van der Waals surface area contributed by atoms with E-state index in [1.54, 1.807) is 6.07 Å². The summed E-state index contributed by atoms with van der Waals surface area (Å²) in [6.07, 6.45) is 0.678. The highest BCUT2D eigenvalue weighted by atomic mass is 17.1. The average molecular weight is 317 g/mol. The highest BCUT2D eigenvalue weighted by Gasteiger charge is 2.67. The van der Waals surface area contributed by atoms with E-state index in [-0.39, 0.29) is 22.9 Å². The van der Waals surface area contributed by atoms with Crippen LogP contribution in [0, 0.1) is 5.92 Å². The first-order valence-corrected chi connectivity index (χ1v) is 8.14. The standard InChI is InChI=1S/C17H19NO5/c1-18-5-4-17-9-7-12(23-21)14(20)16(17)22-15-11(19)3-2-8(13(15)17)6-10(9)18/h2-3,9-10,12,16,19,21H,4-7H2,1H3/t9-,10+,12?,16-,17-/m0/s1. The molecule has 2 aliphatic heterocycles. The number of phenols is 1. The minimum absolute atomic E-state index is 0.0953. The molecule has 1 spiro atoms. The Labute approximate surface area is 133 Å². The molecule has 6 heteroatoms. The van der Waals surface area contributed by atoms with Crippen molar-refractivity contribution in [2.24, 2.45) is 5.92 Å². The molecule has 2 heterocycles. The van der Waals surface area contributed by atoms with E-state index in [1.165, 1.54) is 5.56 Å². The van der Waals surface area contributed by atoms with Gasteiger partial charge in [0.15, 0.2) is 23.7 Å². The quantitative estimate of drug-likeness (QED) is 0.596. The van der Waals surface area contributed by atoms with E-state index >= 15 is 0 Å². The third-order valence-electron chi connectivity index (χ3n) is 6.56. The van der Waals surface area contributed by atoms with Crippen LogP contribution >= 0.6 is 0 Å². The molecule has 1 saturated heterocycles. The molecule has 1 aromatic carbocycles. The summed E-state index contributed by atoms with van der Waals surface area (Å²) in [5, 5.41) is 19.4. The second kappa shape index (κ2) is 4.26. The summed E-state index contributed by atoms with van der Waals surface area (Å²) < 4.78 is 5.98. The maximum Gasteiger partial charge on any atom is 0.206 e. The Kier molecular flexibility index (Phi) is 2.55. The molecule has 0 aromatic heterocycles. The number of likely N-dealkylation sites (N-methyl/N-ethyl adjacent to an activating group) is 1. The molecular weight excluding hydrogens is 298 g/mol. The van der Waals surface area contributed by atoms with Crippen molar-refractivity contribution in [2.45, 2.75) is 42.9 Å². The van der Waals surface area contributed by atoms with Crippen LogP contribution in [0.3, 0.4) is 0 Å². The molecule has 0 amide bonds. The first-order chi connectivity index (χ1) is 11.1. The van der Waals surface area contributed by atoms with Gasteiger partial charge in [0.25, 0.3) is 0 Å². The van der Waals surface area contributed by atoms with Crippen LogP contribution in [0.15, 0.2) is 12.1 Å². The Morgan fingerprint density at radius 2 is 2.26 bits per heavy atom. The highest BCUT2D eigenvalue weighted by molar-refractivity contribution is 5.92. The number of hydrogen-bond acceptors (Lipinski definition) is 6. The topological polar surface area (TPSA) is 79.2 Å². The first kappa shape index (κ1) is 13.8. The molecule has 4 aliphatic rings. The second-order valence-corrected chi connectivity index (χ2v) is 7.33. The number of benzene rings is 1. The van der Waals surface area contributed by atoms with Crippen molar-refractivity contribution in [3.63, 3.8) is 0 Å². The lowest BCUT2D eigenvalue weighted by atomic mass is 9.51. The third-order valence-corrected chi connectivity index (χ3v) is 6.56. The van der Waals surface area contributed by atoms with Crippen molar-refractivity contribution >= 4 is 5.78 Å². The number of aromatic hydroxyl groups is 1. The van der Waals surface area contributed by atoms with E-state index in [0.29, 0.717) is 18.2 Å². The van der Waals surface area contributed by atoms with Crippen molar-refractivity contribution in [1.29, 1.82) is 0 Å². The molecule has 23 heavy (non-hydrogen) atoms. The summed E-state index contributed by atoms with van der Waals surface area (Å²) in [4.78, 5) is 19.6.